The Labute approximate surface area is 142 Å². The molecule has 0 spiro atoms. The number of methoxy groups -OCH3 is 3. The number of hydrogen-bond acceptors (Lipinski definition) is 5. The fourth-order valence-electron chi connectivity index (χ4n) is 2.36. The lowest BCUT2D eigenvalue weighted by Gasteiger charge is -2.15. The molecule has 2 aromatic rings. The van der Waals surface area contributed by atoms with Gasteiger partial charge in [0.25, 0.3) is 10.0 Å². The summed E-state index contributed by atoms with van der Waals surface area (Å²) in [6.07, 6.45) is 0. The molecule has 0 heterocycles. The van der Waals surface area contributed by atoms with Crippen LogP contribution in [0.15, 0.2) is 35.2 Å². The van der Waals surface area contributed by atoms with E-state index in [1.54, 1.807) is 51.3 Å². The van der Waals surface area contributed by atoms with E-state index in [1.807, 2.05) is 0 Å². The van der Waals surface area contributed by atoms with Crippen LogP contribution in [0.25, 0.3) is 0 Å². The lowest BCUT2D eigenvalue weighted by atomic mass is 10.1. The SMILES string of the molecule is COc1ccc(NS(=O)(=O)c2cc(C)c(OC)cc2C)c(OC)c1. The molecule has 0 atom stereocenters. The van der Waals surface area contributed by atoms with Crippen LogP contribution in [0.5, 0.6) is 17.2 Å². The van der Waals surface area contributed by atoms with Gasteiger partial charge in [-0.1, -0.05) is 0 Å². The number of sulfonamides is 1. The first-order valence-electron chi connectivity index (χ1n) is 7.22. The molecular formula is C17H21NO5S. The van der Waals surface area contributed by atoms with E-state index >= 15 is 0 Å². The second-order valence-electron chi connectivity index (χ2n) is 5.26. The topological polar surface area (TPSA) is 73.9 Å². The van der Waals surface area contributed by atoms with Crippen molar-refractivity contribution in [1.82, 2.24) is 0 Å². The Morgan fingerprint density at radius 3 is 2.08 bits per heavy atom. The van der Waals surface area contributed by atoms with Crippen molar-refractivity contribution in [1.29, 1.82) is 0 Å². The summed E-state index contributed by atoms with van der Waals surface area (Å²) >= 11 is 0. The Morgan fingerprint density at radius 2 is 1.50 bits per heavy atom. The summed E-state index contributed by atoms with van der Waals surface area (Å²) in [5.74, 6) is 1.60. The molecule has 6 nitrogen and oxygen atoms in total. The standard InChI is InChI=1S/C17H21NO5S/c1-11-9-17(12(2)8-15(11)22-4)24(19,20)18-14-7-6-13(21-3)10-16(14)23-5/h6-10,18H,1-5H3. The number of anilines is 1. The number of hydrogen-bond donors (Lipinski definition) is 1. The minimum Gasteiger partial charge on any atom is -0.497 e. The molecule has 0 aliphatic rings. The largest absolute Gasteiger partial charge is 0.497 e. The van der Waals surface area contributed by atoms with Crippen LogP contribution in [0, 0.1) is 13.8 Å². The van der Waals surface area contributed by atoms with Crippen molar-refractivity contribution in [3.05, 3.63) is 41.5 Å². The van der Waals surface area contributed by atoms with Crippen LogP contribution in [0.3, 0.4) is 0 Å². The minimum absolute atomic E-state index is 0.193. The number of aryl methyl sites for hydroxylation is 2. The number of ether oxygens (including phenoxy) is 3. The van der Waals surface area contributed by atoms with Crippen molar-refractivity contribution >= 4 is 15.7 Å². The number of rotatable bonds is 6. The zero-order chi connectivity index (χ0) is 17.9. The first-order valence-corrected chi connectivity index (χ1v) is 8.70. The third-order valence-electron chi connectivity index (χ3n) is 3.63. The lowest BCUT2D eigenvalue weighted by Crippen LogP contribution is -2.15. The Balaban J connectivity index is 2.44. The van der Waals surface area contributed by atoms with Crippen molar-refractivity contribution in [3.8, 4) is 17.2 Å². The molecule has 0 aliphatic heterocycles. The molecule has 7 heteroatoms. The second-order valence-corrected chi connectivity index (χ2v) is 6.91. The molecule has 0 unspecified atom stereocenters. The minimum atomic E-state index is -3.77. The summed E-state index contributed by atoms with van der Waals surface area (Å²) in [4.78, 5) is 0.193. The van der Waals surface area contributed by atoms with E-state index in [9.17, 15) is 8.42 Å². The van der Waals surface area contributed by atoms with Crippen LogP contribution in [0.4, 0.5) is 5.69 Å². The van der Waals surface area contributed by atoms with E-state index in [4.69, 9.17) is 14.2 Å². The van der Waals surface area contributed by atoms with Gasteiger partial charge in [0.05, 0.1) is 31.9 Å². The van der Waals surface area contributed by atoms with Crippen molar-refractivity contribution < 1.29 is 22.6 Å². The monoisotopic (exact) mass is 351 g/mol. The highest BCUT2D eigenvalue weighted by Gasteiger charge is 2.20. The van der Waals surface area contributed by atoms with Gasteiger partial charge in [-0.3, -0.25) is 4.72 Å². The highest BCUT2D eigenvalue weighted by molar-refractivity contribution is 7.92. The molecular weight excluding hydrogens is 330 g/mol. The normalized spacial score (nSPS) is 11.0. The molecule has 0 saturated carbocycles. The molecule has 0 amide bonds. The Kier molecular flexibility index (Phi) is 5.23. The average Bonchev–Trinajstić information content (AvgIpc) is 2.56. The number of benzene rings is 2. The predicted molar refractivity (Wildman–Crippen MR) is 92.8 cm³/mol. The van der Waals surface area contributed by atoms with Crippen LogP contribution >= 0.6 is 0 Å². The third-order valence-corrected chi connectivity index (χ3v) is 5.14. The molecule has 130 valence electrons. The van der Waals surface area contributed by atoms with Crippen LogP contribution in [-0.2, 0) is 10.0 Å². The van der Waals surface area contributed by atoms with Crippen molar-refractivity contribution in [3.63, 3.8) is 0 Å². The highest BCUT2D eigenvalue weighted by Crippen LogP contribution is 2.32. The maximum atomic E-state index is 12.8. The summed E-state index contributed by atoms with van der Waals surface area (Å²) in [6, 6.07) is 8.17. The summed E-state index contributed by atoms with van der Waals surface area (Å²) in [5, 5.41) is 0. The number of nitrogens with one attached hydrogen (secondary N) is 1. The quantitative estimate of drug-likeness (QED) is 0.865. The molecule has 0 aliphatic carbocycles. The molecule has 0 bridgehead atoms. The van der Waals surface area contributed by atoms with Gasteiger partial charge in [-0.05, 0) is 49.2 Å². The van der Waals surface area contributed by atoms with Crippen LogP contribution in [-0.4, -0.2) is 29.7 Å². The van der Waals surface area contributed by atoms with Gasteiger partial charge in [0, 0.05) is 6.07 Å². The first-order chi connectivity index (χ1) is 11.3. The van der Waals surface area contributed by atoms with Gasteiger partial charge < -0.3 is 14.2 Å². The Hall–Kier alpha value is -2.41. The van der Waals surface area contributed by atoms with Gasteiger partial charge in [-0.15, -0.1) is 0 Å². The summed E-state index contributed by atoms with van der Waals surface area (Å²) < 4.78 is 43.7. The molecule has 0 saturated heterocycles. The molecule has 1 N–H and O–H groups in total. The fraction of sp³-hybridized carbons (Fsp3) is 0.294. The third kappa shape index (κ3) is 3.56. The lowest BCUT2D eigenvalue weighted by molar-refractivity contribution is 0.395. The van der Waals surface area contributed by atoms with Gasteiger partial charge in [-0.2, -0.15) is 0 Å². The van der Waals surface area contributed by atoms with Crippen molar-refractivity contribution in [2.24, 2.45) is 0 Å². The maximum absolute atomic E-state index is 12.8. The van der Waals surface area contributed by atoms with Gasteiger partial charge in [0.2, 0.25) is 0 Å². The second kappa shape index (κ2) is 7.00. The van der Waals surface area contributed by atoms with Gasteiger partial charge in [-0.25, -0.2) is 8.42 Å². The summed E-state index contributed by atoms with van der Waals surface area (Å²) in [7, 11) is 0.779. The zero-order valence-corrected chi connectivity index (χ0v) is 15.2. The molecule has 0 radical (unpaired) electrons. The first kappa shape index (κ1) is 17.9. The Bertz CT molecular complexity index is 846. The van der Waals surface area contributed by atoms with Crippen LogP contribution < -0.4 is 18.9 Å². The molecule has 0 aromatic heterocycles. The zero-order valence-electron chi connectivity index (χ0n) is 14.3. The van der Waals surface area contributed by atoms with Gasteiger partial charge in [0.1, 0.15) is 17.2 Å². The smallest absolute Gasteiger partial charge is 0.262 e. The van der Waals surface area contributed by atoms with Gasteiger partial charge >= 0.3 is 0 Å². The highest BCUT2D eigenvalue weighted by atomic mass is 32.2. The predicted octanol–water partition coefficient (Wildman–Crippen LogP) is 3.13. The summed E-state index contributed by atoms with van der Waals surface area (Å²) in [5.41, 5.74) is 1.67. The maximum Gasteiger partial charge on any atom is 0.262 e. The Morgan fingerprint density at radius 1 is 0.833 bits per heavy atom. The molecule has 24 heavy (non-hydrogen) atoms. The molecule has 2 rings (SSSR count). The molecule has 0 fully saturated rings. The average molecular weight is 351 g/mol. The van der Waals surface area contributed by atoms with E-state index in [2.05, 4.69) is 4.72 Å². The van der Waals surface area contributed by atoms with E-state index in [0.29, 0.717) is 28.5 Å². The van der Waals surface area contributed by atoms with E-state index in [-0.39, 0.29) is 4.90 Å². The van der Waals surface area contributed by atoms with E-state index in [0.717, 1.165) is 5.56 Å². The van der Waals surface area contributed by atoms with Crippen molar-refractivity contribution in [2.45, 2.75) is 18.7 Å². The fourth-order valence-corrected chi connectivity index (χ4v) is 3.74. The van der Waals surface area contributed by atoms with Crippen molar-refractivity contribution in [2.75, 3.05) is 26.1 Å². The van der Waals surface area contributed by atoms with Crippen LogP contribution in [0.1, 0.15) is 11.1 Å². The van der Waals surface area contributed by atoms with E-state index in [1.165, 1.54) is 14.2 Å². The van der Waals surface area contributed by atoms with Gasteiger partial charge in [0.15, 0.2) is 0 Å². The van der Waals surface area contributed by atoms with E-state index < -0.39 is 10.0 Å². The summed E-state index contributed by atoms with van der Waals surface area (Å²) in [6.45, 7) is 3.52. The van der Waals surface area contributed by atoms with Crippen LogP contribution in [0.2, 0.25) is 0 Å². The molecule has 2 aromatic carbocycles.